The summed E-state index contributed by atoms with van der Waals surface area (Å²) >= 11 is 1.57. The van der Waals surface area contributed by atoms with E-state index in [2.05, 4.69) is 17.6 Å². The predicted molar refractivity (Wildman–Crippen MR) is 165 cm³/mol. The fourth-order valence-corrected chi connectivity index (χ4v) is 4.89. The first-order valence-electron chi connectivity index (χ1n) is 14.6. The molecule has 0 fully saturated rings. The summed E-state index contributed by atoms with van der Waals surface area (Å²) in [6, 6.07) is 3.97. The van der Waals surface area contributed by atoms with Crippen molar-refractivity contribution in [3.63, 3.8) is 0 Å². The Bertz CT molecular complexity index is 995. The monoisotopic (exact) mass is 593 g/mol. The number of unbranched alkanes of at least 4 members (excludes halogenated alkanes) is 3. The normalized spacial score (nSPS) is 12.7. The lowest BCUT2D eigenvalue weighted by atomic mass is 9.96. The van der Waals surface area contributed by atoms with Crippen molar-refractivity contribution in [1.29, 1.82) is 0 Å². The zero-order valence-corrected chi connectivity index (χ0v) is 27.1. The molecule has 2 atom stereocenters. The zero-order chi connectivity index (χ0) is 31.0. The fourth-order valence-electron chi connectivity index (χ4n) is 4.42. The van der Waals surface area contributed by atoms with Gasteiger partial charge in [0, 0.05) is 13.1 Å². The Kier molecular flexibility index (Phi) is 16.5. The van der Waals surface area contributed by atoms with Crippen LogP contribution in [0.1, 0.15) is 95.9 Å². The maximum absolute atomic E-state index is 14.3. The molecule has 2 unspecified atom stereocenters. The van der Waals surface area contributed by atoms with Crippen molar-refractivity contribution in [2.75, 3.05) is 31.7 Å². The Morgan fingerprint density at radius 3 is 2.34 bits per heavy atom. The maximum Gasteiger partial charge on any atom is 0.408 e. The molecule has 0 aliphatic heterocycles. The number of ether oxygens (including phenoxy) is 2. The minimum absolute atomic E-state index is 0.0280. The van der Waals surface area contributed by atoms with Gasteiger partial charge in [-0.3, -0.25) is 14.4 Å². The Morgan fingerprint density at radius 1 is 1.05 bits per heavy atom. The smallest absolute Gasteiger partial charge is 0.408 e. The van der Waals surface area contributed by atoms with Crippen LogP contribution in [-0.2, 0) is 23.9 Å². The molecule has 0 heterocycles. The second-order valence-electron chi connectivity index (χ2n) is 11.2. The second kappa shape index (κ2) is 18.6. The van der Waals surface area contributed by atoms with E-state index < -0.39 is 29.7 Å². The van der Waals surface area contributed by atoms with Crippen LogP contribution in [0.2, 0.25) is 0 Å². The third kappa shape index (κ3) is 13.6. The molecule has 232 valence electrons. The molecule has 9 nitrogen and oxygen atoms in total. The largest absolute Gasteiger partial charge is 0.466 e. The molecule has 0 aliphatic carbocycles. The van der Waals surface area contributed by atoms with E-state index in [1.807, 2.05) is 38.3 Å². The van der Waals surface area contributed by atoms with Crippen molar-refractivity contribution in [2.45, 2.75) is 105 Å². The van der Waals surface area contributed by atoms with Crippen molar-refractivity contribution in [2.24, 2.45) is 0 Å². The van der Waals surface area contributed by atoms with Gasteiger partial charge in [0.2, 0.25) is 11.8 Å². The van der Waals surface area contributed by atoms with E-state index in [0.29, 0.717) is 30.7 Å². The molecule has 41 heavy (non-hydrogen) atoms. The number of alkyl carbamates (subject to hydrolysis) is 1. The van der Waals surface area contributed by atoms with Crippen molar-refractivity contribution >= 4 is 35.6 Å². The number of esters is 1. The lowest BCUT2D eigenvalue weighted by Gasteiger charge is -2.35. The molecular formula is C31H51N3O6S. The van der Waals surface area contributed by atoms with Gasteiger partial charge >= 0.3 is 12.1 Å². The van der Waals surface area contributed by atoms with Crippen LogP contribution in [0, 0.1) is 13.8 Å². The number of benzene rings is 1. The van der Waals surface area contributed by atoms with Gasteiger partial charge in [0.1, 0.15) is 17.7 Å². The number of nitrogens with zero attached hydrogens (tertiary/aromatic N) is 1. The topological polar surface area (TPSA) is 114 Å². The number of nitrogens with one attached hydrogen (secondary N) is 2. The number of carbonyl (C=O) groups excluding carboxylic acids is 4. The highest BCUT2D eigenvalue weighted by molar-refractivity contribution is 7.98. The average Bonchev–Trinajstić information content (AvgIpc) is 2.87. The van der Waals surface area contributed by atoms with Gasteiger partial charge in [0.25, 0.3) is 0 Å². The van der Waals surface area contributed by atoms with Crippen molar-refractivity contribution in [3.8, 4) is 0 Å². The van der Waals surface area contributed by atoms with Gasteiger partial charge in [-0.1, -0.05) is 49.9 Å². The van der Waals surface area contributed by atoms with Gasteiger partial charge in [0.15, 0.2) is 0 Å². The highest BCUT2D eigenvalue weighted by Gasteiger charge is 2.36. The van der Waals surface area contributed by atoms with E-state index in [1.165, 1.54) is 0 Å². The molecule has 3 amide bonds. The number of aryl methyl sites for hydroxylation is 2. The Hall–Kier alpha value is -2.75. The Labute approximate surface area is 250 Å². The first kappa shape index (κ1) is 36.3. The van der Waals surface area contributed by atoms with Crippen LogP contribution in [0.25, 0.3) is 0 Å². The molecule has 0 saturated carbocycles. The van der Waals surface area contributed by atoms with Crippen LogP contribution >= 0.6 is 11.8 Å². The SMILES string of the molecule is CCCCCCN(C(=O)C(CCSC)NC(=O)OC(C)(C)C)C(C(=O)NCCC(=O)OCC)c1ccc(C)cc1C. The average molecular weight is 594 g/mol. The van der Waals surface area contributed by atoms with Gasteiger partial charge in [0.05, 0.1) is 13.0 Å². The molecule has 0 aliphatic rings. The molecule has 0 spiro atoms. The first-order valence-corrected chi connectivity index (χ1v) is 16.0. The molecule has 1 rings (SSSR count). The first-order chi connectivity index (χ1) is 19.3. The van der Waals surface area contributed by atoms with E-state index in [9.17, 15) is 19.2 Å². The quantitative estimate of drug-likeness (QED) is 0.182. The number of thioether (sulfide) groups is 1. The maximum atomic E-state index is 14.3. The molecule has 0 aromatic heterocycles. The summed E-state index contributed by atoms with van der Waals surface area (Å²) in [4.78, 5) is 54.3. The second-order valence-corrected chi connectivity index (χ2v) is 12.2. The van der Waals surface area contributed by atoms with E-state index in [4.69, 9.17) is 9.47 Å². The van der Waals surface area contributed by atoms with Gasteiger partial charge in [-0.15, -0.1) is 0 Å². The summed E-state index contributed by atoms with van der Waals surface area (Å²) in [7, 11) is 0. The third-order valence-corrected chi connectivity index (χ3v) is 6.99. The highest BCUT2D eigenvalue weighted by Crippen LogP contribution is 2.27. The molecule has 2 N–H and O–H groups in total. The lowest BCUT2D eigenvalue weighted by Crippen LogP contribution is -2.53. The lowest BCUT2D eigenvalue weighted by molar-refractivity contribution is -0.144. The van der Waals surface area contributed by atoms with Gasteiger partial charge in [-0.05, 0) is 77.5 Å². The summed E-state index contributed by atoms with van der Waals surface area (Å²) in [5, 5.41) is 5.63. The minimum atomic E-state index is -0.941. The predicted octanol–water partition coefficient (Wildman–Crippen LogP) is 5.47. The molecular weight excluding hydrogens is 542 g/mol. The van der Waals surface area contributed by atoms with E-state index >= 15 is 0 Å². The van der Waals surface area contributed by atoms with Crippen molar-refractivity contribution in [1.82, 2.24) is 15.5 Å². The molecule has 10 heteroatoms. The van der Waals surface area contributed by atoms with E-state index in [-0.39, 0.29) is 31.4 Å². The van der Waals surface area contributed by atoms with Crippen LogP contribution in [0.5, 0.6) is 0 Å². The van der Waals surface area contributed by atoms with Crippen LogP contribution in [0.3, 0.4) is 0 Å². The number of carbonyl (C=O) groups is 4. The van der Waals surface area contributed by atoms with Crippen LogP contribution < -0.4 is 10.6 Å². The van der Waals surface area contributed by atoms with Crippen molar-refractivity contribution in [3.05, 3.63) is 34.9 Å². The summed E-state index contributed by atoms with van der Waals surface area (Å²) in [6.45, 7) is 13.7. The number of hydrogen-bond acceptors (Lipinski definition) is 7. The Morgan fingerprint density at radius 2 is 1.76 bits per heavy atom. The fraction of sp³-hybridized carbons (Fsp3) is 0.677. The van der Waals surface area contributed by atoms with Gasteiger partial charge < -0.3 is 25.0 Å². The molecule has 1 aromatic carbocycles. The van der Waals surface area contributed by atoms with Gasteiger partial charge in [-0.2, -0.15) is 11.8 Å². The van der Waals surface area contributed by atoms with Crippen LogP contribution in [0.15, 0.2) is 18.2 Å². The number of amides is 3. The molecule has 0 radical (unpaired) electrons. The summed E-state index contributed by atoms with van der Waals surface area (Å²) in [5.74, 6) is -0.490. The van der Waals surface area contributed by atoms with Crippen molar-refractivity contribution < 1.29 is 28.7 Å². The highest BCUT2D eigenvalue weighted by atomic mass is 32.2. The minimum Gasteiger partial charge on any atom is -0.466 e. The van der Waals surface area contributed by atoms with E-state index in [1.54, 1.807) is 44.4 Å². The molecule has 0 saturated heterocycles. The number of rotatable bonds is 17. The zero-order valence-electron chi connectivity index (χ0n) is 26.3. The molecule has 0 bridgehead atoms. The van der Waals surface area contributed by atoms with Gasteiger partial charge in [-0.25, -0.2) is 4.79 Å². The summed E-state index contributed by atoms with van der Waals surface area (Å²) in [6.07, 6.45) is 5.32. The summed E-state index contributed by atoms with van der Waals surface area (Å²) < 4.78 is 10.5. The standard InChI is InChI=1S/C31H51N3O6S/c1-9-11-12-13-19-34(29(37)25(17-20-41-8)33-30(38)40-31(5,6)7)27(24-15-14-22(3)21-23(24)4)28(36)32-18-16-26(35)39-10-2/h14-15,21,25,27H,9-13,16-20H2,1-8H3,(H,32,36)(H,33,38). The molecule has 1 aromatic rings. The Balaban J connectivity index is 3.49. The van der Waals surface area contributed by atoms with Crippen LogP contribution in [-0.4, -0.2) is 72.1 Å². The van der Waals surface area contributed by atoms with Crippen LogP contribution in [0.4, 0.5) is 4.79 Å². The van der Waals surface area contributed by atoms with E-state index in [0.717, 1.165) is 30.4 Å². The number of hydrogen-bond donors (Lipinski definition) is 2. The summed E-state index contributed by atoms with van der Waals surface area (Å²) in [5.41, 5.74) is 1.90. The third-order valence-electron chi connectivity index (χ3n) is 6.35.